The van der Waals surface area contributed by atoms with E-state index in [1.807, 2.05) is 12.1 Å². The summed E-state index contributed by atoms with van der Waals surface area (Å²) in [5, 5.41) is 10.3. The Bertz CT molecular complexity index is 506. The highest BCUT2D eigenvalue weighted by molar-refractivity contribution is 6.31. The zero-order valence-corrected chi connectivity index (χ0v) is 11.4. The van der Waals surface area contributed by atoms with Gasteiger partial charge in [-0.15, -0.1) is 0 Å². The van der Waals surface area contributed by atoms with Crippen molar-refractivity contribution in [1.29, 1.82) is 0 Å². The van der Waals surface area contributed by atoms with Crippen molar-refractivity contribution in [1.82, 2.24) is 0 Å². The molecule has 3 nitrogen and oxygen atoms in total. The van der Waals surface area contributed by atoms with E-state index >= 15 is 0 Å². The Morgan fingerprint density at radius 2 is 2.11 bits per heavy atom. The number of halogens is 1. The summed E-state index contributed by atoms with van der Waals surface area (Å²) in [5.74, 6) is -1.05. The molecule has 1 aliphatic heterocycles. The van der Waals surface area contributed by atoms with Crippen molar-refractivity contribution in [3.63, 3.8) is 0 Å². The van der Waals surface area contributed by atoms with Gasteiger partial charge in [0.15, 0.2) is 0 Å². The number of benzene rings is 1. The summed E-state index contributed by atoms with van der Waals surface area (Å²) >= 11 is 6.40. The first-order chi connectivity index (χ1) is 9.15. The summed E-state index contributed by atoms with van der Waals surface area (Å²) < 4.78 is 5.44. The van der Waals surface area contributed by atoms with E-state index in [2.05, 4.69) is 6.07 Å². The minimum Gasteiger partial charge on any atom is -0.481 e. The third-order valence-corrected chi connectivity index (χ3v) is 4.97. The van der Waals surface area contributed by atoms with Crippen molar-refractivity contribution >= 4 is 17.6 Å². The normalized spacial score (nSPS) is 25.0. The summed E-state index contributed by atoms with van der Waals surface area (Å²) in [4.78, 5) is 11.7. The Kier molecular flexibility index (Phi) is 3.27. The molecule has 19 heavy (non-hydrogen) atoms. The number of hydrogen-bond acceptors (Lipinski definition) is 2. The first-order valence-electron chi connectivity index (χ1n) is 6.73. The lowest BCUT2D eigenvalue weighted by atomic mass is 9.59. The average Bonchev–Trinajstić information content (AvgIpc) is 2.39. The van der Waals surface area contributed by atoms with Crippen LogP contribution in [-0.2, 0) is 21.4 Å². The smallest absolute Gasteiger partial charge is 0.307 e. The average molecular weight is 281 g/mol. The number of aryl methyl sites for hydroxylation is 1. The number of carbonyl (C=O) groups is 1. The van der Waals surface area contributed by atoms with Gasteiger partial charge in [0.1, 0.15) is 0 Å². The van der Waals surface area contributed by atoms with Crippen molar-refractivity contribution in [2.45, 2.75) is 31.1 Å². The number of hydrogen-bond donors (Lipinski definition) is 1. The molecule has 0 radical (unpaired) electrons. The maximum absolute atomic E-state index is 11.7. The molecule has 1 N–H and O–H groups in total. The van der Waals surface area contributed by atoms with Gasteiger partial charge in [0.05, 0.1) is 5.92 Å². The van der Waals surface area contributed by atoms with Crippen LogP contribution in [0, 0.1) is 5.92 Å². The van der Waals surface area contributed by atoms with Gasteiger partial charge in [0.25, 0.3) is 0 Å². The third kappa shape index (κ3) is 1.96. The van der Waals surface area contributed by atoms with Crippen molar-refractivity contribution in [2.24, 2.45) is 5.92 Å². The fourth-order valence-electron chi connectivity index (χ4n) is 3.78. The molecule has 0 saturated carbocycles. The molecule has 1 saturated heterocycles. The lowest BCUT2D eigenvalue weighted by molar-refractivity contribution is -0.147. The van der Waals surface area contributed by atoms with Gasteiger partial charge in [0.2, 0.25) is 0 Å². The first-order valence-corrected chi connectivity index (χ1v) is 7.11. The number of carboxylic acid groups (broad SMARTS) is 1. The quantitative estimate of drug-likeness (QED) is 0.860. The molecule has 1 spiro atoms. The molecule has 4 heteroatoms. The second-order valence-electron chi connectivity index (χ2n) is 5.47. The van der Waals surface area contributed by atoms with Crippen LogP contribution >= 0.6 is 11.6 Å². The fourth-order valence-corrected chi connectivity index (χ4v) is 4.16. The SMILES string of the molecule is O=C(O)C1CCc2cccc(Cl)c2C12CCOCC2. The van der Waals surface area contributed by atoms with Gasteiger partial charge < -0.3 is 9.84 Å². The van der Waals surface area contributed by atoms with Crippen LogP contribution in [0.3, 0.4) is 0 Å². The molecule has 0 bridgehead atoms. The van der Waals surface area contributed by atoms with Crippen molar-refractivity contribution in [3.8, 4) is 0 Å². The zero-order valence-electron chi connectivity index (χ0n) is 10.7. The summed E-state index contributed by atoms with van der Waals surface area (Å²) in [7, 11) is 0. The van der Waals surface area contributed by atoms with Crippen LogP contribution in [0.25, 0.3) is 0 Å². The maximum Gasteiger partial charge on any atom is 0.307 e. The molecule has 1 atom stereocenters. The minimum absolute atomic E-state index is 0.337. The third-order valence-electron chi connectivity index (χ3n) is 4.65. The van der Waals surface area contributed by atoms with Gasteiger partial charge >= 0.3 is 5.97 Å². The van der Waals surface area contributed by atoms with Crippen LogP contribution in [0.1, 0.15) is 30.4 Å². The summed E-state index contributed by atoms with van der Waals surface area (Å²) in [6.45, 7) is 1.24. The van der Waals surface area contributed by atoms with Crippen LogP contribution in [0.5, 0.6) is 0 Å². The molecule has 1 unspecified atom stereocenters. The standard InChI is InChI=1S/C15H17ClO3/c16-12-3-1-2-10-4-5-11(14(17)18)15(13(10)12)6-8-19-9-7-15/h1-3,11H,4-9H2,(H,17,18). The molecule has 0 amide bonds. The number of ether oxygens (including phenoxy) is 1. The van der Waals surface area contributed by atoms with Gasteiger partial charge in [-0.3, -0.25) is 4.79 Å². The van der Waals surface area contributed by atoms with E-state index in [0.717, 1.165) is 24.8 Å². The van der Waals surface area contributed by atoms with Crippen LogP contribution in [0.4, 0.5) is 0 Å². The second kappa shape index (κ2) is 4.80. The molecule has 1 aromatic rings. The zero-order chi connectivity index (χ0) is 13.5. The van der Waals surface area contributed by atoms with Gasteiger partial charge in [-0.1, -0.05) is 23.7 Å². The van der Waals surface area contributed by atoms with Crippen LogP contribution in [0.15, 0.2) is 18.2 Å². The monoisotopic (exact) mass is 280 g/mol. The van der Waals surface area contributed by atoms with E-state index in [-0.39, 0.29) is 11.3 Å². The number of rotatable bonds is 1. The van der Waals surface area contributed by atoms with E-state index in [4.69, 9.17) is 16.3 Å². The molecule has 2 aliphatic rings. The maximum atomic E-state index is 11.7. The first kappa shape index (κ1) is 12.9. The van der Waals surface area contributed by atoms with Crippen LogP contribution in [0.2, 0.25) is 5.02 Å². The molecular weight excluding hydrogens is 264 g/mol. The summed E-state index contributed by atoms with van der Waals surface area (Å²) in [6.07, 6.45) is 3.00. The van der Waals surface area contributed by atoms with Crippen molar-refractivity contribution in [2.75, 3.05) is 13.2 Å². The summed E-state index contributed by atoms with van der Waals surface area (Å²) in [6, 6.07) is 5.91. The Morgan fingerprint density at radius 3 is 2.79 bits per heavy atom. The van der Waals surface area contributed by atoms with Gasteiger partial charge in [-0.25, -0.2) is 0 Å². The highest BCUT2D eigenvalue weighted by atomic mass is 35.5. The van der Waals surface area contributed by atoms with Gasteiger partial charge in [-0.2, -0.15) is 0 Å². The van der Waals surface area contributed by atoms with E-state index in [1.165, 1.54) is 5.56 Å². The molecule has 3 rings (SSSR count). The predicted molar refractivity (Wildman–Crippen MR) is 72.6 cm³/mol. The van der Waals surface area contributed by atoms with Gasteiger partial charge in [-0.05, 0) is 42.9 Å². The molecular formula is C15H17ClO3. The lowest BCUT2D eigenvalue weighted by Gasteiger charge is -2.46. The number of carboxylic acids is 1. The Morgan fingerprint density at radius 1 is 1.37 bits per heavy atom. The molecule has 1 heterocycles. The Hall–Kier alpha value is -1.06. The van der Waals surface area contributed by atoms with Crippen molar-refractivity contribution < 1.29 is 14.6 Å². The lowest BCUT2D eigenvalue weighted by Crippen LogP contribution is -2.47. The van der Waals surface area contributed by atoms with Crippen molar-refractivity contribution in [3.05, 3.63) is 34.3 Å². The Balaban J connectivity index is 2.17. The predicted octanol–water partition coefficient (Wildman–Crippen LogP) is 3.04. The minimum atomic E-state index is -0.701. The van der Waals surface area contributed by atoms with Crippen LogP contribution in [-0.4, -0.2) is 24.3 Å². The second-order valence-corrected chi connectivity index (χ2v) is 5.88. The van der Waals surface area contributed by atoms with Crippen LogP contribution < -0.4 is 0 Å². The fraction of sp³-hybridized carbons (Fsp3) is 0.533. The van der Waals surface area contributed by atoms with E-state index < -0.39 is 5.97 Å². The largest absolute Gasteiger partial charge is 0.481 e. The summed E-state index contributed by atoms with van der Waals surface area (Å²) in [5.41, 5.74) is 1.95. The number of aliphatic carboxylic acids is 1. The molecule has 1 fully saturated rings. The van der Waals surface area contributed by atoms with Gasteiger partial charge in [0, 0.05) is 23.7 Å². The highest BCUT2D eigenvalue weighted by Gasteiger charge is 2.49. The topological polar surface area (TPSA) is 46.5 Å². The molecule has 1 aliphatic carbocycles. The number of fused-ring (bicyclic) bond motifs is 2. The van der Waals surface area contributed by atoms with E-state index in [0.29, 0.717) is 24.7 Å². The highest BCUT2D eigenvalue weighted by Crippen LogP contribution is 2.50. The van der Waals surface area contributed by atoms with E-state index in [9.17, 15) is 9.90 Å². The van der Waals surface area contributed by atoms with E-state index in [1.54, 1.807) is 0 Å². The Labute approximate surface area is 117 Å². The molecule has 1 aromatic carbocycles. The molecule has 0 aromatic heterocycles. The molecule has 102 valence electrons.